The third-order valence-corrected chi connectivity index (χ3v) is 2.78. The summed E-state index contributed by atoms with van der Waals surface area (Å²) in [6, 6.07) is 8.40. The van der Waals surface area contributed by atoms with E-state index in [1.165, 1.54) is 6.07 Å². The molecule has 0 radical (unpaired) electrons. The van der Waals surface area contributed by atoms with E-state index in [0.717, 1.165) is 12.1 Å². The molecule has 0 fully saturated rings. The molecule has 92 valence electrons. The SMILES string of the molecule is O=[N+]([O-])c1ccc(-c2cc(Cl)cc(Cl)c2)cc1F. The molecule has 0 heterocycles. The summed E-state index contributed by atoms with van der Waals surface area (Å²) >= 11 is 11.7. The highest BCUT2D eigenvalue weighted by molar-refractivity contribution is 6.35. The third kappa shape index (κ3) is 2.60. The van der Waals surface area contributed by atoms with Gasteiger partial charge in [0.15, 0.2) is 0 Å². The van der Waals surface area contributed by atoms with Gasteiger partial charge in [-0.15, -0.1) is 0 Å². The second-order valence-electron chi connectivity index (χ2n) is 3.58. The fraction of sp³-hybridized carbons (Fsp3) is 0. The minimum Gasteiger partial charge on any atom is -0.258 e. The molecule has 0 aliphatic carbocycles. The molecule has 2 aromatic carbocycles. The van der Waals surface area contributed by atoms with E-state index >= 15 is 0 Å². The van der Waals surface area contributed by atoms with Gasteiger partial charge in [-0.3, -0.25) is 10.1 Å². The number of hydrogen-bond donors (Lipinski definition) is 0. The Labute approximate surface area is 112 Å². The Hall–Kier alpha value is -1.65. The Morgan fingerprint density at radius 2 is 1.61 bits per heavy atom. The highest BCUT2D eigenvalue weighted by Crippen LogP contribution is 2.29. The summed E-state index contributed by atoms with van der Waals surface area (Å²) in [6.07, 6.45) is 0. The molecule has 3 nitrogen and oxygen atoms in total. The molecule has 2 aromatic rings. The lowest BCUT2D eigenvalue weighted by Crippen LogP contribution is -1.92. The molecule has 0 N–H and O–H groups in total. The van der Waals surface area contributed by atoms with Crippen molar-refractivity contribution in [2.75, 3.05) is 0 Å². The van der Waals surface area contributed by atoms with E-state index in [1.54, 1.807) is 18.2 Å². The molecule has 0 saturated heterocycles. The van der Waals surface area contributed by atoms with Crippen LogP contribution in [0.2, 0.25) is 10.0 Å². The summed E-state index contributed by atoms with van der Waals surface area (Å²) in [4.78, 5) is 9.73. The molecule has 0 bridgehead atoms. The van der Waals surface area contributed by atoms with Gasteiger partial charge in [-0.25, -0.2) is 0 Å². The van der Waals surface area contributed by atoms with Gasteiger partial charge in [0.1, 0.15) is 0 Å². The second-order valence-corrected chi connectivity index (χ2v) is 4.45. The molecule has 0 aliphatic heterocycles. The van der Waals surface area contributed by atoms with Crippen LogP contribution in [0.1, 0.15) is 0 Å². The van der Waals surface area contributed by atoms with E-state index in [9.17, 15) is 14.5 Å². The zero-order valence-corrected chi connectivity index (χ0v) is 10.4. The van der Waals surface area contributed by atoms with Crippen LogP contribution in [-0.4, -0.2) is 4.92 Å². The Morgan fingerprint density at radius 3 is 2.11 bits per heavy atom. The average molecular weight is 286 g/mol. The van der Waals surface area contributed by atoms with Gasteiger partial charge in [-0.1, -0.05) is 23.2 Å². The molecule has 2 rings (SSSR count). The maximum Gasteiger partial charge on any atom is 0.304 e. The van der Waals surface area contributed by atoms with Crippen molar-refractivity contribution < 1.29 is 9.31 Å². The minimum absolute atomic E-state index is 0.413. The van der Waals surface area contributed by atoms with Gasteiger partial charge in [0.25, 0.3) is 0 Å². The van der Waals surface area contributed by atoms with Crippen molar-refractivity contribution >= 4 is 28.9 Å². The average Bonchev–Trinajstić information content (AvgIpc) is 2.26. The summed E-state index contributed by atoms with van der Waals surface area (Å²) in [5.74, 6) is -0.895. The van der Waals surface area contributed by atoms with Crippen molar-refractivity contribution in [3.05, 3.63) is 62.4 Å². The topological polar surface area (TPSA) is 43.1 Å². The van der Waals surface area contributed by atoms with E-state index in [0.29, 0.717) is 21.2 Å². The van der Waals surface area contributed by atoms with E-state index in [2.05, 4.69) is 0 Å². The first-order valence-electron chi connectivity index (χ1n) is 4.88. The Balaban J connectivity index is 2.52. The molecular weight excluding hydrogens is 280 g/mol. The van der Waals surface area contributed by atoms with Gasteiger partial charge in [-0.2, -0.15) is 4.39 Å². The fourth-order valence-corrected chi connectivity index (χ4v) is 2.08. The Kier molecular flexibility index (Phi) is 3.50. The predicted octanol–water partition coefficient (Wildman–Crippen LogP) is 4.71. The molecule has 0 aliphatic rings. The Morgan fingerprint density at radius 1 is 1.00 bits per heavy atom. The summed E-state index contributed by atoms with van der Waals surface area (Å²) < 4.78 is 13.5. The molecule has 6 heteroatoms. The van der Waals surface area contributed by atoms with Crippen molar-refractivity contribution in [1.29, 1.82) is 0 Å². The largest absolute Gasteiger partial charge is 0.304 e. The fourth-order valence-electron chi connectivity index (χ4n) is 1.56. The first-order chi connectivity index (χ1) is 8.47. The van der Waals surface area contributed by atoms with Gasteiger partial charge < -0.3 is 0 Å². The number of rotatable bonds is 2. The molecule has 0 aromatic heterocycles. The maximum absolute atomic E-state index is 13.5. The molecule has 0 unspecified atom stereocenters. The first kappa shape index (κ1) is 12.8. The molecule has 0 spiro atoms. The van der Waals surface area contributed by atoms with Gasteiger partial charge in [-0.05, 0) is 41.5 Å². The lowest BCUT2D eigenvalue weighted by atomic mass is 10.1. The monoisotopic (exact) mass is 285 g/mol. The van der Waals surface area contributed by atoms with E-state index < -0.39 is 16.4 Å². The molecule has 0 amide bonds. The van der Waals surface area contributed by atoms with Crippen LogP contribution < -0.4 is 0 Å². The smallest absolute Gasteiger partial charge is 0.258 e. The van der Waals surface area contributed by atoms with Crippen molar-refractivity contribution in [3.63, 3.8) is 0 Å². The van der Waals surface area contributed by atoms with Crippen molar-refractivity contribution in [2.45, 2.75) is 0 Å². The predicted molar refractivity (Wildman–Crippen MR) is 68.5 cm³/mol. The second kappa shape index (κ2) is 4.92. The number of halogens is 3. The van der Waals surface area contributed by atoms with Crippen molar-refractivity contribution in [2.24, 2.45) is 0 Å². The van der Waals surface area contributed by atoms with E-state index in [-0.39, 0.29) is 0 Å². The van der Waals surface area contributed by atoms with E-state index in [1.807, 2.05) is 0 Å². The highest BCUT2D eigenvalue weighted by Gasteiger charge is 2.14. The van der Waals surface area contributed by atoms with Crippen LogP contribution in [0.3, 0.4) is 0 Å². The standard InChI is InChI=1S/C12H6Cl2FNO2/c13-9-3-8(4-10(14)6-9)7-1-2-12(16(17)18)11(15)5-7/h1-6H. The normalized spacial score (nSPS) is 10.4. The zero-order valence-electron chi connectivity index (χ0n) is 8.86. The van der Waals surface area contributed by atoms with E-state index in [4.69, 9.17) is 23.2 Å². The van der Waals surface area contributed by atoms with Crippen LogP contribution in [0.15, 0.2) is 36.4 Å². The quantitative estimate of drug-likeness (QED) is 0.592. The molecule has 0 saturated carbocycles. The molecule has 0 atom stereocenters. The minimum atomic E-state index is -0.895. The Bertz CT molecular complexity index is 611. The summed E-state index contributed by atoms with van der Waals surface area (Å²) in [7, 11) is 0. The van der Waals surface area contributed by atoms with Gasteiger partial charge in [0, 0.05) is 16.1 Å². The number of benzene rings is 2. The lowest BCUT2D eigenvalue weighted by Gasteiger charge is -2.04. The first-order valence-corrected chi connectivity index (χ1v) is 5.63. The number of nitro benzene ring substituents is 1. The van der Waals surface area contributed by atoms with Crippen LogP contribution in [0.5, 0.6) is 0 Å². The summed E-state index contributed by atoms with van der Waals surface area (Å²) in [6.45, 7) is 0. The highest BCUT2D eigenvalue weighted by atomic mass is 35.5. The lowest BCUT2D eigenvalue weighted by molar-refractivity contribution is -0.387. The maximum atomic E-state index is 13.5. The van der Waals surface area contributed by atoms with Crippen LogP contribution >= 0.6 is 23.2 Å². The number of hydrogen-bond acceptors (Lipinski definition) is 2. The van der Waals surface area contributed by atoms with Gasteiger partial charge in [0.05, 0.1) is 4.92 Å². The number of nitro groups is 1. The third-order valence-electron chi connectivity index (χ3n) is 2.34. The van der Waals surface area contributed by atoms with Crippen LogP contribution in [0.25, 0.3) is 11.1 Å². The molecular formula is C12H6Cl2FNO2. The van der Waals surface area contributed by atoms with Crippen LogP contribution in [-0.2, 0) is 0 Å². The van der Waals surface area contributed by atoms with Gasteiger partial charge in [0.2, 0.25) is 5.82 Å². The summed E-state index contributed by atoms with van der Waals surface area (Å²) in [5.41, 5.74) is 0.510. The van der Waals surface area contributed by atoms with Crippen LogP contribution in [0.4, 0.5) is 10.1 Å². The van der Waals surface area contributed by atoms with Crippen molar-refractivity contribution in [1.82, 2.24) is 0 Å². The summed E-state index contributed by atoms with van der Waals surface area (Å²) in [5, 5.41) is 11.3. The number of nitrogens with zero attached hydrogens (tertiary/aromatic N) is 1. The van der Waals surface area contributed by atoms with Crippen molar-refractivity contribution in [3.8, 4) is 11.1 Å². The van der Waals surface area contributed by atoms with Gasteiger partial charge >= 0.3 is 5.69 Å². The van der Waals surface area contributed by atoms with Crippen LogP contribution in [0, 0.1) is 15.9 Å². The zero-order chi connectivity index (χ0) is 13.3. The molecule has 18 heavy (non-hydrogen) atoms.